The number of carbonyl (C=O) groups excluding carboxylic acids is 1. The first-order chi connectivity index (χ1) is 8.85. The van der Waals surface area contributed by atoms with Crippen LogP contribution < -0.4 is 5.14 Å². The predicted molar refractivity (Wildman–Crippen MR) is 69.7 cm³/mol. The van der Waals surface area contributed by atoms with Crippen LogP contribution in [0.5, 0.6) is 0 Å². The third kappa shape index (κ3) is 5.85. The molecule has 1 saturated heterocycles. The molecular formula is C11H22N2O5S. The molecule has 2 N–H and O–H groups in total. The second-order valence-electron chi connectivity index (χ2n) is 4.54. The summed E-state index contributed by atoms with van der Waals surface area (Å²) in [5.74, 6) is -0.493. The lowest BCUT2D eigenvalue weighted by molar-refractivity contribution is -0.155. The van der Waals surface area contributed by atoms with E-state index in [2.05, 4.69) is 0 Å². The Morgan fingerprint density at radius 1 is 1.37 bits per heavy atom. The monoisotopic (exact) mass is 294 g/mol. The van der Waals surface area contributed by atoms with Crippen LogP contribution in [0, 0.1) is 5.92 Å². The zero-order chi connectivity index (χ0) is 14.5. The Morgan fingerprint density at radius 3 is 2.42 bits per heavy atom. The molecule has 1 aliphatic rings. The number of ether oxygens (including phenoxy) is 2. The van der Waals surface area contributed by atoms with Gasteiger partial charge in [0.1, 0.15) is 0 Å². The number of amides is 1. The summed E-state index contributed by atoms with van der Waals surface area (Å²) >= 11 is 0. The third-order valence-electron chi connectivity index (χ3n) is 2.84. The fourth-order valence-corrected chi connectivity index (χ4v) is 3.06. The maximum absolute atomic E-state index is 11.8. The first-order valence-electron chi connectivity index (χ1n) is 6.37. The Labute approximate surface area is 114 Å². The number of likely N-dealkylation sites (tertiary alicyclic amines) is 1. The van der Waals surface area contributed by atoms with Gasteiger partial charge in [-0.15, -0.1) is 0 Å². The SMILES string of the molecule is CCOC(CN1CC(CS(N)(=O)=O)CC1=O)OCC. The fraction of sp³-hybridized carbons (Fsp3) is 0.909. The van der Waals surface area contributed by atoms with Crippen LogP contribution in [0.15, 0.2) is 0 Å². The molecule has 0 aromatic carbocycles. The van der Waals surface area contributed by atoms with Gasteiger partial charge >= 0.3 is 0 Å². The largest absolute Gasteiger partial charge is 0.351 e. The molecule has 0 aromatic heterocycles. The number of sulfonamides is 1. The van der Waals surface area contributed by atoms with Crippen LogP contribution in [0.1, 0.15) is 20.3 Å². The molecule has 8 heteroatoms. The van der Waals surface area contributed by atoms with Gasteiger partial charge in [0, 0.05) is 32.1 Å². The van der Waals surface area contributed by atoms with Crippen molar-refractivity contribution in [2.45, 2.75) is 26.6 Å². The third-order valence-corrected chi connectivity index (χ3v) is 3.77. The van der Waals surface area contributed by atoms with E-state index in [9.17, 15) is 13.2 Å². The average Bonchev–Trinajstić information content (AvgIpc) is 2.57. The molecule has 0 radical (unpaired) electrons. The highest BCUT2D eigenvalue weighted by Crippen LogP contribution is 2.19. The molecule has 1 fully saturated rings. The molecule has 1 rings (SSSR count). The maximum Gasteiger partial charge on any atom is 0.223 e. The molecule has 0 spiro atoms. The second-order valence-corrected chi connectivity index (χ2v) is 6.20. The average molecular weight is 294 g/mol. The predicted octanol–water partition coefficient (Wildman–Crippen LogP) is -0.477. The number of primary sulfonamides is 1. The molecular weight excluding hydrogens is 272 g/mol. The summed E-state index contributed by atoms with van der Waals surface area (Å²) in [6, 6.07) is 0. The van der Waals surface area contributed by atoms with Gasteiger partial charge in [0.15, 0.2) is 6.29 Å². The molecule has 1 unspecified atom stereocenters. The smallest absolute Gasteiger partial charge is 0.223 e. The Kier molecular flexibility index (Phi) is 6.18. The van der Waals surface area contributed by atoms with Crippen molar-refractivity contribution in [1.82, 2.24) is 4.90 Å². The van der Waals surface area contributed by atoms with Crippen molar-refractivity contribution >= 4 is 15.9 Å². The van der Waals surface area contributed by atoms with Crippen LogP contribution in [-0.4, -0.2) is 57.6 Å². The van der Waals surface area contributed by atoms with Crippen LogP contribution in [0.4, 0.5) is 0 Å². The number of nitrogens with zero attached hydrogens (tertiary/aromatic N) is 1. The molecule has 19 heavy (non-hydrogen) atoms. The number of carbonyl (C=O) groups is 1. The Bertz CT molecular complexity index is 392. The van der Waals surface area contributed by atoms with E-state index in [-0.39, 0.29) is 24.0 Å². The molecule has 112 valence electrons. The van der Waals surface area contributed by atoms with Crippen molar-refractivity contribution in [2.24, 2.45) is 11.1 Å². The lowest BCUT2D eigenvalue weighted by atomic mass is 10.1. The van der Waals surface area contributed by atoms with Crippen molar-refractivity contribution in [3.63, 3.8) is 0 Å². The normalized spacial score (nSPS) is 20.5. The number of hydrogen-bond donors (Lipinski definition) is 1. The van der Waals surface area contributed by atoms with Crippen LogP contribution in [0.25, 0.3) is 0 Å². The van der Waals surface area contributed by atoms with Gasteiger partial charge in [0.2, 0.25) is 15.9 Å². The minimum absolute atomic E-state index is 0.0851. The molecule has 7 nitrogen and oxygen atoms in total. The number of rotatable bonds is 8. The zero-order valence-electron chi connectivity index (χ0n) is 11.4. The van der Waals surface area contributed by atoms with E-state index in [4.69, 9.17) is 14.6 Å². The van der Waals surface area contributed by atoms with E-state index < -0.39 is 16.3 Å². The lowest BCUT2D eigenvalue weighted by Gasteiger charge is -2.23. The van der Waals surface area contributed by atoms with Crippen molar-refractivity contribution in [3.8, 4) is 0 Å². The summed E-state index contributed by atoms with van der Waals surface area (Å²) in [7, 11) is -3.54. The molecule has 0 aliphatic carbocycles. The summed E-state index contributed by atoms with van der Waals surface area (Å²) in [6.07, 6.45) is -0.256. The molecule has 1 aliphatic heterocycles. The molecule has 0 bridgehead atoms. The van der Waals surface area contributed by atoms with Gasteiger partial charge in [-0.2, -0.15) is 0 Å². The zero-order valence-corrected chi connectivity index (χ0v) is 12.2. The van der Waals surface area contributed by atoms with Gasteiger partial charge < -0.3 is 14.4 Å². The van der Waals surface area contributed by atoms with Crippen molar-refractivity contribution < 1.29 is 22.7 Å². The molecule has 1 heterocycles. The number of hydrogen-bond acceptors (Lipinski definition) is 5. The first kappa shape index (κ1) is 16.4. The second kappa shape index (κ2) is 7.18. The van der Waals surface area contributed by atoms with Gasteiger partial charge in [-0.25, -0.2) is 13.6 Å². The van der Waals surface area contributed by atoms with Crippen molar-refractivity contribution in [1.29, 1.82) is 0 Å². The Balaban J connectivity index is 2.52. The molecule has 0 aromatic rings. The minimum atomic E-state index is -3.54. The van der Waals surface area contributed by atoms with Crippen LogP contribution in [0.2, 0.25) is 0 Å². The summed E-state index contributed by atoms with van der Waals surface area (Å²) in [5.41, 5.74) is 0. The van der Waals surface area contributed by atoms with E-state index in [0.717, 1.165) is 0 Å². The first-order valence-corrected chi connectivity index (χ1v) is 8.08. The highest BCUT2D eigenvalue weighted by molar-refractivity contribution is 7.89. The van der Waals surface area contributed by atoms with Gasteiger partial charge in [0.25, 0.3) is 0 Å². The topological polar surface area (TPSA) is 98.9 Å². The molecule has 0 saturated carbocycles. The van der Waals surface area contributed by atoms with Crippen LogP contribution in [-0.2, 0) is 24.3 Å². The molecule has 1 atom stereocenters. The van der Waals surface area contributed by atoms with Gasteiger partial charge in [0.05, 0.1) is 12.3 Å². The lowest BCUT2D eigenvalue weighted by Crippen LogP contribution is -2.37. The van der Waals surface area contributed by atoms with Gasteiger partial charge in [-0.3, -0.25) is 4.79 Å². The van der Waals surface area contributed by atoms with Gasteiger partial charge in [-0.1, -0.05) is 0 Å². The Morgan fingerprint density at radius 2 is 1.95 bits per heavy atom. The van der Waals surface area contributed by atoms with Crippen LogP contribution in [0.3, 0.4) is 0 Å². The highest BCUT2D eigenvalue weighted by atomic mass is 32.2. The van der Waals surface area contributed by atoms with Gasteiger partial charge in [-0.05, 0) is 13.8 Å². The summed E-state index contributed by atoms with van der Waals surface area (Å²) in [5, 5.41) is 5.00. The fourth-order valence-electron chi connectivity index (χ4n) is 2.18. The highest BCUT2D eigenvalue weighted by Gasteiger charge is 2.33. The van der Waals surface area contributed by atoms with Crippen molar-refractivity contribution in [2.75, 3.05) is 32.1 Å². The maximum atomic E-state index is 11.8. The van der Waals surface area contributed by atoms with E-state index in [0.29, 0.717) is 26.3 Å². The quantitative estimate of drug-likeness (QED) is 0.610. The van der Waals surface area contributed by atoms with E-state index >= 15 is 0 Å². The Hall–Kier alpha value is -0.700. The van der Waals surface area contributed by atoms with E-state index in [1.807, 2.05) is 13.8 Å². The van der Waals surface area contributed by atoms with E-state index in [1.54, 1.807) is 4.90 Å². The summed E-state index contributed by atoms with van der Waals surface area (Å²) < 4.78 is 32.8. The standard InChI is InChI=1S/C11H22N2O5S/c1-3-17-11(18-4-2)7-13-6-9(5-10(13)14)8-19(12,15)16/h9,11H,3-8H2,1-2H3,(H2,12,15,16). The minimum Gasteiger partial charge on any atom is -0.351 e. The molecule has 1 amide bonds. The number of nitrogens with two attached hydrogens (primary N) is 1. The van der Waals surface area contributed by atoms with E-state index in [1.165, 1.54) is 0 Å². The van der Waals surface area contributed by atoms with Crippen LogP contribution >= 0.6 is 0 Å². The van der Waals surface area contributed by atoms with Crippen molar-refractivity contribution in [3.05, 3.63) is 0 Å². The summed E-state index contributed by atoms with van der Waals surface area (Å²) in [6.45, 7) is 5.39. The summed E-state index contributed by atoms with van der Waals surface area (Å²) in [4.78, 5) is 13.4.